The number of hydrogen-bond donors (Lipinski definition) is 1. The summed E-state index contributed by atoms with van der Waals surface area (Å²) < 4.78 is 5.23. The SMILES string of the molecule is COc1ccc(/C(O)=C2/C(=O)C(=O)N(C3CCCC3)C2c2cccs2)c(C)c1. The van der Waals surface area contributed by atoms with Crippen molar-refractivity contribution < 1.29 is 19.4 Å². The maximum atomic E-state index is 13.0. The minimum atomic E-state index is -0.599. The van der Waals surface area contributed by atoms with Gasteiger partial charge in [0.25, 0.3) is 11.7 Å². The Balaban J connectivity index is 1.86. The van der Waals surface area contributed by atoms with Crippen molar-refractivity contribution in [2.24, 2.45) is 0 Å². The summed E-state index contributed by atoms with van der Waals surface area (Å²) in [5.41, 5.74) is 1.52. The van der Waals surface area contributed by atoms with E-state index in [4.69, 9.17) is 4.74 Å². The third-order valence-electron chi connectivity index (χ3n) is 5.70. The number of Topliss-reactive ketones (excluding diaryl/α,β-unsaturated/α-hetero) is 1. The average molecular weight is 397 g/mol. The van der Waals surface area contributed by atoms with Gasteiger partial charge in [0.05, 0.1) is 18.7 Å². The van der Waals surface area contributed by atoms with Gasteiger partial charge in [0, 0.05) is 16.5 Å². The number of carbonyl (C=O) groups is 2. The fourth-order valence-electron chi connectivity index (χ4n) is 4.31. The van der Waals surface area contributed by atoms with Crippen LogP contribution in [-0.4, -0.2) is 34.8 Å². The molecule has 1 aliphatic carbocycles. The summed E-state index contributed by atoms with van der Waals surface area (Å²) in [6.07, 6.45) is 3.91. The molecule has 2 heterocycles. The fraction of sp³-hybridized carbons (Fsp3) is 0.364. The van der Waals surface area contributed by atoms with Gasteiger partial charge in [-0.2, -0.15) is 0 Å². The Morgan fingerprint density at radius 1 is 1.21 bits per heavy atom. The van der Waals surface area contributed by atoms with Crippen LogP contribution >= 0.6 is 11.3 Å². The van der Waals surface area contributed by atoms with Crippen LogP contribution in [0.3, 0.4) is 0 Å². The molecule has 1 amide bonds. The first-order valence-corrected chi connectivity index (χ1v) is 10.4. The highest BCUT2D eigenvalue weighted by molar-refractivity contribution is 7.10. The van der Waals surface area contributed by atoms with E-state index >= 15 is 0 Å². The van der Waals surface area contributed by atoms with Crippen molar-refractivity contribution in [1.29, 1.82) is 0 Å². The van der Waals surface area contributed by atoms with Crippen molar-refractivity contribution in [1.82, 2.24) is 4.90 Å². The Morgan fingerprint density at radius 3 is 2.57 bits per heavy atom. The number of methoxy groups -OCH3 is 1. The maximum absolute atomic E-state index is 13.0. The summed E-state index contributed by atoms with van der Waals surface area (Å²) in [4.78, 5) is 28.6. The lowest BCUT2D eigenvalue weighted by Gasteiger charge is -2.29. The number of rotatable bonds is 4. The standard InChI is InChI=1S/C22H23NO4S/c1-13-12-15(27-2)9-10-16(13)20(24)18-19(17-8-5-11-28-17)23(22(26)21(18)25)14-6-3-4-7-14/h5,8-12,14,19,24H,3-4,6-7H2,1-2H3/b20-18-. The largest absolute Gasteiger partial charge is 0.507 e. The number of aliphatic hydroxyl groups is 1. The summed E-state index contributed by atoms with van der Waals surface area (Å²) in [6.45, 7) is 1.85. The van der Waals surface area contributed by atoms with Crippen molar-refractivity contribution in [3.8, 4) is 5.75 Å². The zero-order valence-electron chi connectivity index (χ0n) is 16.0. The number of benzene rings is 1. The molecule has 1 aromatic carbocycles. The topological polar surface area (TPSA) is 66.8 Å². The third kappa shape index (κ3) is 3.02. The Labute approximate surface area is 168 Å². The van der Waals surface area contributed by atoms with E-state index in [1.807, 2.05) is 30.5 Å². The molecule has 1 saturated carbocycles. The molecule has 1 saturated heterocycles. The highest BCUT2D eigenvalue weighted by atomic mass is 32.1. The van der Waals surface area contributed by atoms with Gasteiger partial charge in [0.15, 0.2) is 0 Å². The predicted octanol–water partition coefficient (Wildman–Crippen LogP) is 4.43. The van der Waals surface area contributed by atoms with E-state index in [0.717, 1.165) is 36.1 Å². The molecule has 2 aromatic rings. The molecular weight excluding hydrogens is 374 g/mol. The van der Waals surface area contributed by atoms with Crippen molar-refractivity contribution in [2.75, 3.05) is 7.11 Å². The minimum absolute atomic E-state index is 0.0471. The Morgan fingerprint density at radius 2 is 1.96 bits per heavy atom. The second-order valence-corrected chi connectivity index (χ2v) is 8.32. The van der Waals surface area contributed by atoms with Crippen molar-refractivity contribution in [3.63, 3.8) is 0 Å². The van der Waals surface area contributed by atoms with Gasteiger partial charge < -0.3 is 14.7 Å². The summed E-state index contributed by atoms with van der Waals surface area (Å²) in [6, 6.07) is 8.65. The number of thiophene rings is 1. The molecule has 5 nitrogen and oxygen atoms in total. The lowest BCUT2D eigenvalue weighted by molar-refractivity contribution is -0.141. The number of ether oxygens (including phenoxy) is 1. The van der Waals surface area contributed by atoms with Crippen LogP contribution in [0.2, 0.25) is 0 Å². The molecule has 0 bridgehead atoms. The smallest absolute Gasteiger partial charge is 0.295 e. The lowest BCUT2D eigenvalue weighted by atomic mass is 9.97. The van der Waals surface area contributed by atoms with Crippen LogP contribution in [-0.2, 0) is 9.59 Å². The normalized spacial score (nSPS) is 22.2. The number of aliphatic hydroxyl groups excluding tert-OH is 1. The zero-order valence-corrected chi connectivity index (χ0v) is 16.8. The quantitative estimate of drug-likeness (QED) is 0.471. The molecule has 6 heteroatoms. The van der Waals surface area contributed by atoms with Gasteiger partial charge in [-0.3, -0.25) is 9.59 Å². The van der Waals surface area contributed by atoms with Gasteiger partial charge in [0.2, 0.25) is 0 Å². The van der Waals surface area contributed by atoms with Gasteiger partial charge in [-0.05, 0) is 55.0 Å². The summed E-state index contributed by atoms with van der Waals surface area (Å²) in [7, 11) is 1.58. The predicted molar refractivity (Wildman–Crippen MR) is 108 cm³/mol. The van der Waals surface area contributed by atoms with E-state index in [2.05, 4.69) is 0 Å². The second-order valence-electron chi connectivity index (χ2n) is 7.34. The van der Waals surface area contributed by atoms with E-state index < -0.39 is 17.7 Å². The monoisotopic (exact) mass is 397 g/mol. The maximum Gasteiger partial charge on any atom is 0.295 e. The van der Waals surface area contributed by atoms with Crippen LogP contribution in [0.15, 0.2) is 41.3 Å². The van der Waals surface area contributed by atoms with Gasteiger partial charge in [-0.1, -0.05) is 18.9 Å². The van der Waals surface area contributed by atoms with Crippen LogP contribution in [0.1, 0.15) is 47.7 Å². The molecular formula is C22H23NO4S. The first-order chi connectivity index (χ1) is 13.5. The molecule has 0 radical (unpaired) electrons. The first kappa shape index (κ1) is 18.7. The number of hydrogen-bond acceptors (Lipinski definition) is 5. The zero-order chi connectivity index (χ0) is 19.8. The molecule has 2 aliphatic rings. The molecule has 1 atom stereocenters. The third-order valence-corrected chi connectivity index (χ3v) is 6.62. The molecule has 1 aliphatic heterocycles. The van der Waals surface area contributed by atoms with Gasteiger partial charge in [-0.25, -0.2) is 0 Å². The molecule has 1 N–H and O–H groups in total. The summed E-state index contributed by atoms with van der Waals surface area (Å²) in [5.74, 6) is -0.538. The number of nitrogens with zero attached hydrogens (tertiary/aromatic N) is 1. The number of ketones is 1. The Hall–Kier alpha value is -2.60. The van der Waals surface area contributed by atoms with E-state index in [9.17, 15) is 14.7 Å². The van der Waals surface area contributed by atoms with Crippen molar-refractivity contribution >= 4 is 28.8 Å². The van der Waals surface area contributed by atoms with Gasteiger partial charge in [0.1, 0.15) is 11.5 Å². The van der Waals surface area contributed by atoms with Gasteiger partial charge in [-0.15, -0.1) is 11.3 Å². The molecule has 28 heavy (non-hydrogen) atoms. The molecule has 146 valence electrons. The highest BCUT2D eigenvalue weighted by Crippen LogP contribution is 2.45. The van der Waals surface area contributed by atoms with Crippen molar-refractivity contribution in [3.05, 3.63) is 57.3 Å². The van der Waals surface area contributed by atoms with Crippen LogP contribution in [0.25, 0.3) is 5.76 Å². The molecule has 1 unspecified atom stereocenters. The minimum Gasteiger partial charge on any atom is -0.507 e. The Bertz CT molecular complexity index is 941. The van der Waals surface area contributed by atoms with Crippen LogP contribution in [0, 0.1) is 6.92 Å². The van der Waals surface area contributed by atoms with Crippen molar-refractivity contribution in [2.45, 2.75) is 44.7 Å². The fourth-order valence-corrected chi connectivity index (χ4v) is 5.14. The van der Waals surface area contributed by atoms with E-state index in [0.29, 0.717) is 11.3 Å². The molecule has 2 fully saturated rings. The van der Waals surface area contributed by atoms with E-state index in [-0.39, 0.29) is 17.4 Å². The Kier molecular flexibility index (Phi) is 4.98. The number of likely N-dealkylation sites (tertiary alicyclic amines) is 1. The number of amides is 1. The first-order valence-electron chi connectivity index (χ1n) is 9.51. The van der Waals surface area contributed by atoms with Crippen LogP contribution in [0.4, 0.5) is 0 Å². The van der Waals surface area contributed by atoms with E-state index in [1.54, 1.807) is 24.1 Å². The number of aryl methyl sites for hydroxylation is 1. The average Bonchev–Trinajstić information content (AvgIpc) is 3.43. The van der Waals surface area contributed by atoms with Crippen LogP contribution in [0.5, 0.6) is 5.75 Å². The van der Waals surface area contributed by atoms with Gasteiger partial charge >= 0.3 is 0 Å². The molecule has 4 rings (SSSR count). The summed E-state index contributed by atoms with van der Waals surface area (Å²) in [5, 5.41) is 13.1. The van der Waals surface area contributed by atoms with Crippen LogP contribution < -0.4 is 4.74 Å². The number of carbonyl (C=O) groups excluding carboxylic acids is 2. The lowest BCUT2D eigenvalue weighted by Crippen LogP contribution is -2.37. The molecule has 0 spiro atoms. The van der Waals surface area contributed by atoms with E-state index in [1.165, 1.54) is 11.3 Å². The highest BCUT2D eigenvalue weighted by Gasteiger charge is 2.49. The second kappa shape index (κ2) is 7.43. The summed E-state index contributed by atoms with van der Waals surface area (Å²) >= 11 is 1.50. The molecule has 1 aromatic heterocycles.